The van der Waals surface area contributed by atoms with Crippen molar-refractivity contribution < 1.29 is 18.0 Å². The van der Waals surface area contributed by atoms with Crippen molar-refractivity contribution in [3.05, 3.63) is 30.1 Å². The van der Waals surface area contributed by atoms with Crippen LogP contribution < -0.4 is 5.48 Å². The molecular weight excluding hydrogens is 197 g/mol. The summed E-state index contributed by atoms with van der Waals surface area (Å²) in [5, 5.41) is 0. The van der Waals surface area contributed by atoms with E-state index in [0.717, 1.165) is 5.56 Å². The van der Waals surface area contributed by atoms with Gasteiger partial charge in [-0.15, -0.1) is 0 Å². The maximum absolute atomic E-state index is 11.6. The molecule has 3 nitrogen and oxygen atoms in total. The molecule has 1 aromatic heterocycles. The maximum atomic E-state index is 11.6. The molecule has 1 heterocycles. The summed E-state index contributed by atoms with van der Waals surface area (Å²) in [5.41, 5.74) is 3.02. The van der Waals surface area contributed by atoms with Gasteiger partial charge in [0.05, 0.1) is 0 Å². The lowest BCUT2D eigenvalue weighted by Crippen LogP contribution is -2.24. The summed E-state index contributed by atoms with van der Waals surface area (Å²) >= 11 is 0. The highest BCUT2D eigenvalue weighted by Crippen LogP contribution is 2.13. The van der Waals surface area contributed by atoms with Crippen molar-refractivity contribution >= 4 is 0 Å². The first-order chi connectivity index (χ1) is 6.58. The summed E-state index contributed by atoms with van der Waals surface area (Å²) in [6, 6.07) is 3.37. The molecular formula is C8H9F3N2O. The number of pyridine rings is 1. The Bertz CT molecular complexity index is 263. The van der Waals surface area contributed by atoms with Crippen LogP contribution in [-0.2, 0) is 11.4 Å². The lowest BCUT2D eigenvalue weighted by molar-refractivity contribution is -0.190. The van der Waals surface area contributed by atoms with E-state index in [1.165, 1.54) is 0 Å². The molecule has 0 amide bonds. The van der Waals surface area contributed by atoms with Gasteiger partial charge in [-0.05, 0) is 17.7 Å². The molecule has 6 heteroatoms. The van der Waals surface area contributed by atoms with E-state index in [2.05, 4.69) is 15.3 Å². The van der Waals surface area contributed by atoms with E-state index < -0.39 is 12.8 Å². The minimum Gasteiger partial charge on any atom is -0.292 e. The Labute approximate surface area is 78.9 Å². The zero-order valence-electron chi connectivity index (χ0n) is 7.21. The Morgan fingerprint density at radius 2 is 1.93 bits per heavy atom. The molecule has 0 aliphatic rings. The molecule has 0 bridgehead atoms. The van der Waals surface area contributed by atoms with Crippen molar-refractivity contribution in [1.82, 2.24) is 10.5 Å². The van der Waals surface area contributed by atoms with E-state index in [9.17, 15) is 13.2 Å². The molecule has 0 aliphatic carbocycles. The van der Waals surface area contributed by atoms with Gasteiger partial charge in [0.15, 0.2) is 6.61 Å². The minimum absolute atomic E-state index is 0.221. The summed E-state index contributed by atoms with van der Waals surface area (Å²) in [4.78, 5) is 7.97. The Balaban J connectivity index is 2.17. The van der Waals surface area contributed by atoms with E-state index in [4.69, 9.17) is 0 Å². The zero-order valence-corrected chi connectivity index (χ0v) is 7.21. The van der Waals surface area contributed by atoms with Crippen molar-refractivity contribution in [3.8, 4) is 0 Å². The number of hydroxylamine groups is 1. The van der Waals surface area contributed by atoms with Crippen LogP contribution in [-0.4, -0.2) is 17.8 Å². The highest BCUT2D eigenvalue weighted by Gasteiger charge is 2.27. The third-order valence-electron chi connectivity index (χ3n) is 1.36. The van der Waals surface area contributed by atoms with Crippen LogP contribution in [0.2, 0.25) is 0 Å². The van der Waals surface area contributed by atoms with Crippen LogP contribution in [0.25, 0.3) is 0 Å². The van der Waals surface area contributed by atoms with E-state index in [-0.39, 0.29) is 6.54 Å². The van der Waals surface area contributed by atoms with Crippen LogP contribution in [0.3, 0.4) is 0 Å². The van der Waals surface area contributed by atoms with E-state index in [0.29, 0.717) is 0 Å². The van der Waals surface area contributed by atoms with Crippen LogP contribution in [0.5, 0.6) is 0 Å². The molecule has 0 aromatic carbocycles. The number of hydrogen-bond donors (Lipinski definition) is 1. The highest BCUT2D eigenvalue weighted by molar-refractivity contribution is 5.08. The quantitative estimate of drug-likeness (QED) is 0.601. The molecule has 1 N–H and O–H groups in total. The van der Waals surface area contributed by atoms with Gasteiger partial charge in [-0.2, -0.15) is 18.7 Å². The van der Waals surface area contributed by atoms with Crippen LogP contribution >= 0.6 is 0 Å². The minimum atomic E-state index is -4.30. The van der Waals surface area contributed by atoms with Gasteiger partial charge in [-0.25, -0.2) is 0 Å². The largest absolute Gasteiger partial charge is 0.413 e. The van der Waals surface area contributed by atoms with Gasteiger partial charge in [0.25, 0.3) is 0 Å². The molecule has 0 aliphatic heterocycles. The predicted octanol–water partition coefficient (Wildman–Crippen LogP) is 1.67. The molecule has 0 atom stereocenters. The summed E-state index contributed by atoms with van der Waals surface area (Å²) in [7, 11) is 0. The molecule has 0 saturated carbocycles. The average Bonchev–Trinajstić information content (AvgIpc) is 2.13. The molecule has 78 valence electrons. The lowest BCUT2D eigenvalue weighted by Gasteiger charge is -2.07. The van der Waals surface area contributed by atoms with Crippen LogP contribution in [0, 0.1) is 0 Å². The first kappa shape index (κ1) is 10.9. The summed E-state index contributed by atoms with van der Waals surface area (Å²) < 4.78 is 34.8. The van der Waals surface area contributed by atoms with Crippen molar-refractivity contribution in [2.24, 2.45) is 0 Å². The molecule has 0 saturated heterocycles. The number of rotatable bonds is 4. The van der Waals surface area contributed by atoms with Gasteiger partial charge < -0.3 is 0 Å². The summed E-state index contributed by atoms with van der Waals surface area (Å²) in [6.45, 7) is -1.07. The van der Waals surface area contributed by atoms with Crippen molar-refractivity contribution in [3.63, 3.8) is 0 Å². The SMILES string of the molecule is FC(F)(F)CONCc1ccncc1. The summed E-state index contributed by atoms with van der Waals surface area (Å²) in [5.74, 6) is 0. The van der Waals surface area contributed by atoms with Crippen molar-refractivity contribution in [1.29, 1.82) is 0 Å². The Kier molecular flexibility index (Phi) is 3.84. The molecule has 1 aromatic rings. The summed E-state index contributed by atoms with van der Waals surface area (Å²) in [6.07, 6.45) is -1.19. The number of hydrogen-bond acceptors (Lipinski definition) is 3. The number of halogens is 3. The number of alkyl halides is 3. The third kappa shape index (κ3) is 4.78. The molecule has 0 radical (unpaired) electrons. The Morgan fingerprint density at radius 1 is 1.29 bits per heavy atom. The topological polar surface area (TPSA) is 34.1 Å². The molecule has 14 heavy (non-hydrogen) atoms. The highest BCUT2D eigenvalue weighted by atomic mass is 19.4. The van der Waals surface area contributed by atoms with Gasteiger partial charge in [0.1, 0.15) is 0 Å². The van der Waals surface area contributed by atoms with Gasteiger partial charge in [-0.1, -0.05) is 0 Å². The second-order valence-corrected chi connectivity index (χ2v) is 2.58. The second kappa shape index (κ2) is 4.92. The van der Waals surface area contributed by atoms with E-state index in [1.54, 1.807) is 24.5 Å². The smallest absolute Gasteiger partial charge is 0.292 e. The van der Waals surface area contributed by atoms with Crippen LogP contribution in [0.4, 0.5) is 13.2 Å². The number of nitrogens with zero attached hydrogens (tertiary/aromatic N) is 1. The second-order valence-electron chi connectivity index (χ2n) is 2.58. The van der Waals surface area contributed by atoms with E-state index >= 15 is 0 Å². The van der Waals surface area contributed by atoms with Gasteiger partial charge in [0, 0.05) is 18.9 Å². The average molecular weight is 206 g/mol. The molecule has 0 fully saturated rings. The molecule has 0 spiro atoms. The normalized spacial score (nSPS) is 11.6. The monoisotopic (exact) mass is 206 g/mol. The standard InChI is InChI=1S/C8H9F3N2O/c9-8(10,11)6-14-13-5-7-1-3-12-4-2-7/h1-4,13H,5-6H2. The first-order valence-electron chi connectivity index (χ1n) is 3.88. The van der Waals surface area contributed by atoms with Gasteiger partial charge >= 0.3 is 6.18 Å². The zero-order chi connectivity index (χ0) is 10.4. The number of nitrogens with one attached hydrogen (secondary N) is 1. The fourth-order valence-corrected chi connectivity index (χ4v) is 0.768. The van der Waals surface area contributed by atoms with E-state index in [1.807, 2.05) is 0 Å². The predicted molar refractivity (Wildman–Crippen MR) is 43.1 cm³/mol. The maximum Gasteiger partial charge on any atom is 0.413 e. The Hall–Kier alpha value is -1.14. The van der Waals surface area contributed by atoms with Crippen molar-refractivity contribution in [2.75, 3.05) is 6.61 Å². The third-order valence-corrected chi connectivity index (χ3v) is 1.36. The molecule has 1 rings (SSSR count). The first-order valence-corrected chi connectivity index (χ1v) is 3.88. The van der Waals surface area contributed by atoms with Gasteiger partial charge in [-0.3, -0.25) is 9.82 Å². The fourth-order valence-electron chi connectivity index (χ4n) is 0.768. The molecule has 0 unspecified atom stereocenters. The van der Waals surface area contributed by atoms with Gasteiger partial charge in [0.2, 0.25) is 0 Å². The van der Waals surface area contributed by atoms with Crippen molar-refractivity contribution in [2.45, 2.75) is 12.7 Å². The number of aromatic nitrogens is 1. The van der Waals surface area contributed by atoms with Crippen LogP contribution in [0.1, 0.15) is 5.56 Å². The Morgan fingerprint density at radius 3 is 2.50 bits per heavy atom. The lowest BCUT2D eigenvalue weighted by atomic mass is 10.3. The fraction of sp³-hybridized carbons (Fsp3) is 0.375. The van der Waals surface area contributed by atoms with Crippen LogP contribution in [0.15, 0.2) is 24.5 Å².